The first-order valence-corrected chi connectivity index (χ1v) is 7.11. The summed E-state index contributed by atoms with van der Waals surface area (Å²) >= 11 is 0. The number of aliphatic carboxylic acids is 1. The molecule has 0 aromatic rings. The van der Waals surface area contributed by atoms with E-state index in [1.165, 1.54) is 4.90 Å². The summed E-state index contributed by atoms with van der Waals surface area (Å²) in [5, 5.41) is 14.7. The molecule has 0 aliphatic carbocycles. The van der Waals surface area contributed by atoms with Gasteiger partial charge in [0.1, 0.15) is 0 Å². The molecule has 2 atom stereocenters. The Morgan fingerprint density at radius 2 is 2.05 bits per heavy atom. The van der Waals surface area contributed by atoms with Crippen molar-refractivity contribution in [3.63, 3.8) is 0 Å². The van der Waals surface area contributed by atoms with Crippen LogP contribution in [0.5, 0.6) is 0 Å². The van der Waals surface area contributed by atoms with Gasteiger partial charge >= 0.3 is 11.9 Å². The molecule has 2 aliphatic rings. The lowest BCUT2D eigenvalue weighted by molar-refractivity contribution is -0.156. The molecule has 2 heterocycles. The van der Waals surface area contributed by atoms with Crippen molar-refractivity contribution in [2.75, 3.05) is 26.2 Å². The number of rotatable bonds is 3. The molecule has 2 rings (SSSR count). The highest BCUT2D eigenvalue weighted by molar-refractivity contribution is 6.31. The maximum atomic E-state index is 11.9. The van der Waals surface area contributed by atoms with Crippen LogP contribution >= 0.6 is 0 Å². The zero-order valence-electron chi connectivity index (χ0n) is 11.4. The number of amides is 2. The van der Waals surface area contributed by atoms with Gasteiger partial charge in [-0.15, -0.1) is 0 Å². The van der Waals surface area contributed by atoms with Gasteiger partial charge in [-0.1, -0.05) is 0 Å². The van der Waals surface area contributed by atoms with E-state index >= 15 is 0 Å². The molecule has 20 heavy (non-hydrogen) atoms. The molecular formula is C13H21N3O4. The molecule has 3 N–H and O–H groups in total. The second-order valence-electron chi connectivity index (χ2n) is 5.46. The molecule has 0 saturated carbocycles. The van der Waals surface area contributed by atoms with Crippen LogP contribution in [-0.4, -0.2) is 60.0 Å². The molecule has 2 aliphatic heterocycles. The van der Waals surface area contributed by atoms with Crippen LogP contribution in [0.1, 0.15) is 25.7 Å². The van der Waals surface area contributed by atoms with Crippen LogP contribution in [0.2, 0.25) is 0 Å². The molecule has 0 bridgehead atoms. The van der Waals surface area contributed by atoms with E-state index in [0.717, 1.165) is 32.2 Å². The number of nitrogens with one attached hydrogen (secondary N) is 2. The highest BCUT2D eigenvalue weighted by Gasteiger charge is 2.28. The fraction of sp³-hybridized carbons (Fsp3) is 0.769. The molecule has 2 fully saturated rings. The molecule has 0 aromatic carbocycles. The van der Waals surface area contributed by atoms with E-state index in [1.807, 2.05) is 0 Å². The molecule has 2 saturated heterocycles. The Morgan fingerprint density at radius 1 is 1.25 bits per heavy atom. The summed E-state index contributed by atoms with van der Waals surface area (Å²) in [6, 6.07) is -0.102. The zero-order valence-corrected chi connectivity index (χ0v) is 11.4. The maximum Gasteiger partial charge on any atom is 0.394 e. The minimum absolute atomic E-state index is 0.00387. The quantitative estimate of drug-likeness (QED) is 0.588. The van der Waals surface area contributed by atoms with Crippen molar-refractivity contribution < 1.29 is 19.5 Å². The summed E-state index contributed by atoms with van der Waals surface area (Å²) in [6.45, 7) is 2.27. The summed E-state index contributed by atoms with van der Waals surface area (Å²) in [6.07, 6.45) is 3.56. The summed E-state index contributed by atoms with van der Waals surface area (Å²) in [5.41, 5.74) is 0. The Morgan fingerprint density at radius 3 is 2.70 bits per heavy atom. The van der Waals surface area contributed by atoms with Gasteiger partial charge in [0.15, 0.2) is 0 Å². The fourth-order valence-corrected chi connectivity index (χ4v) is 2.83. The van der Waals surface area contributed by atoms with Gasteiger partial charge in [0.05, 0.1) is 6.04 Å². The van der Waals surface area contributed by atoms with E-state index in [0.29, 0.717) is 19.6 Å². The smallest absolute Gasteiger partial charge is 0.394 e. The highest BCUT2D eigenvalue weighted by atomic mass is 16.4. The number of hydrogen-bond donors (Lipinski definition) is 3. The lowest BCUT2D eigenvalue weighted by atomic mass is 9.97. The largest absolute Gasteiger partial charge is 0.474 e. The van der Waals surface area contributed by atoms with Gasteiger partial charge < -0.3 is 20.6 Å². The van der Waals surface area contributed by atoms with Gasteiger partial charge in [0.25, 0.3) is 0 Å². The number of likely N-dealkylation sites (tertiary alicyclic amines) is 1. The average molecular weight is 283 g/mol. The summed E-state index contributed by atoms with van der Waals surface area (Å²) in [5.74, 6) is -2.12. The number of nitrogens with zero attached hydrogens (tertiary/aromatic N) is 1. The van der Waals surface area contributed by atoms with E-state index in [9.17, 15) is 14.4 Å². The predicted molar refractivity (Wildman–Crippen MR) is 71.0 cm³/mol. The van der Waals surface area contributed by atoms with Crippen LogP contribution in [0.3, 0.4) is 0 Å². The molecule has 0 aromatic heterocycles. The maximum absolute atomic E-state index is 11.9. The molecule has 0 spiro atoms. The van der Waals surface area contributed by atoms with Gasteiger partial charge in [0.2, 0.25) is 5.91 Å². The zero-order chi connectivity index (χ0) is 14.5. The van der Waals surface area contributed by atoms with E-state index in [-0.39, 0.29) is 17.9 Å². The van der Waals surface area contributed by atoms with Crippen molar-refractivity contribution in [3.8, 4) is 0 Å². The van der Waals surface area contributed by atoms with Crippen molar-refractivity contribution in [2.24, 2.45) is 5.92 Å². The molecule has 2 amide bonds. The third kappa shape index (κ3) is 3.69. The number of piperidine rings is 1. The van der Waals surface area contributed by atoms with Crippen LogP contribution in [0, 0.1) is 5.92 Å². The monoisotopic (exact) mass is 283 g/mol. The lowest BCUT2D eigenvalue weighted by Gasteiger charge is -2.31. The Labute approximate surface area is 117 Å². The second kappa shape index (κ2) is 6.69. The minimum Gasteiger partial charge on any atom is -0.474 e. The number of hydrogen-bond acceptors (Lipinski definition) is 4. The topological polar surface area (TPSA) is 98.7 Å². The van der Waals surface area contributed by atoms with Crippen LogP contribution in [0.25, 0.3) is 0 Å². The SMILES string of the molecule is O=C(O)C(=O)N1CCCC(CNC(=O)C2CCCN2)C1. The first-order valence-electron chi connectivity index (χ1n) is 7.11. The van der Waals surface area contributed by atoms with Gasteiger partial charge in [-0.2, -0.15) is 0 Å². The first-order chi connectivity index (χ1) is 9.58. The second-order valence-corrected chi connectivity index (χ2v) is 5.46. The van der Waals surface area contributed by atoms with Crippen LogP contribution in [0.15, 0.2) is 0 Å². The third-order valence-electron chi connectivity index (χ3n) is 3.93. The summed E-state index contributed by atoms with van der Waals surface area (Å²) in [7, 11) is 0. The van der Waals surface area contributed by atoms with E-state index < -0.39 is 11.9 Å². The van der Waals surface area contributed by atoms with Gasteiger partial charge in [-0.05, 0) is 38.1 Å². The number of carboxylic acids is 1. The fourth-order valence-electron chi connectivity index (χ4n) is 2.83. The van der Waals surface area contributed by atoms with E-state index in [1.54, 1.807) is 0 Å². The van der Waals surface area contributed by atoms with Gasteiger partial charge in [-0.25, -0.2) is 4.79 Å². The normalized spacial score (nSPS) is 26.3. The van der Waals surface area contributed by atoms with Crippen molar-refractivity contribution >= 4 is 17.8 Å². The van der Waals surface area contributed by atoms with Crippen LogP contribution in [-0.2, 0) is 14.4 Å². The molecule has 2 unspecified atom stereocenters. The summed E-state index contributed by atoms with van der Waals surface area (Å²) < 4.78 is 0. The van der Waals surface area contributed by atoms with Crippen molar-refractivity contribution in [3.05, 3.63) is 0 Å². The molecule has 7 nitrogen and oxygen atoms in total. The predicted octanol–water partition coefficient (Wildman–Crippen LogP) is -0.822. The third-order valence-corrected chi connectivity index (χ3v) is 3.93. The molecular weight excluding hydrogens is 262 g/mol. The highest BCUT2D eigenvalue weighted by Crippen LogP contribution is 2.16. The van der Waals surface area contributed by atoms with Gasteiger partial charge in [0, 0.05) is 19.6 Å². The van der Waals surface area contributed by atoms with Crippen molar-refractivity contribution in [1.29, 1.82) is 0 Å². The Hall–Kier alpha value is -1.63. The minimum atomic E-state index is -1.41. The molecule has 112 valence electrons. The molecule has 7 heteroatoms. The summed E-state index contributed by atoms with van der Waals surface area (Å²) in [4.78, 5) is 35.3. The van der Waals surface area contributed by atoms with Gasteiger partial charge in [-0.3, -0.25) is 9.59 Å². The Balaban J connectivity index is 1.76. The van der Waals surface area contributed by atoms with Crippen molar-refractivity contribution in [1.82, 2.24) is 15.5 Å². The number of carbonyl (C=O) groups excluding carboxylic acids is 2. The first kappa shape index (κ1) is 14.8. The number of carboxylic acid groups (broad SMARTS) is 1. The molecule has 0 radical (unpaired) electrons. The lowest BCUT2D eigenvalue weighted by Crippen LogP contribution is -2.48. The van der Waals surface area contributed by atoms with E-state index in [2.05, 4.69) is 10.6 Å². The average Bonchev–Trinajstić information content (AvgIpc) is 2.98. The number of carbonyl (C=O) groups is 3. The Bertz CT molecular complexity index is 393. The van der Waals surface area contributed by atoms with Crippen molar-refractivity contribution in [2.45, 2.75) is 31.7 Å². The van der Waals surface area contributed by atoms with Crippen LogP contribution < -0.4 is 10.6 Å². The standard InChI is InChI=1S/C13H21N3O4/c17-11(10-4-1-5-14-10)15-7-9-3-2-6-16(8-9)12(18)13(19)20/h9-10,14H,1-8H2,(H,15,17)(H,19,20). The van der Waals surface area contributed by atoms with E-state index in [4.69, 9.17) is 5.11 Å². The van der Waals surface area contributed by atoms with Crippen LogP contribution in [0.4, 0.5) is 0 Å². The Kier molecular flexibility index (Phi) is 4.94.